The smallest absolute Gasteiger partial charge is 0.251 e. The van der Waals surface area contributed by atoms with E-state index in [1.807, 2.05) is 55.4 Å². The van der Waals surface area contributed by atoms with Crippen molar-refractivity contribution in [2.45, 2.75) is 37.8 Å². The number of hydrogen-bond donors (Lipinski definition) is 2. The van der Waals surface area contributed by atoms with Crippen molar-refractivity contribution < 1.29 is 4.79 Å². The molecular formula is C21H27N5O. The standard InChI is InChI=1S/C21H27N5O/c1-26(2)20-13-11-19(12-14-20)25-24-18-7-3-15(4-8-18)21(27)23-17-9-5-16(22)6-10-17/h3-4,7-8,11-14,16-17H,5-6,9-10,22H2,1-2H3,(H,23,27). The second kappa shape index (κ2) is 8.77. The first-order valence-corrected chi connectivity index (χ1v) is 9.37. The molecular weight excluding hydrogens is 338 g/mol. The molecule has 0 atom stereocenters. The third-order valence-electron chi connectivity index (χ3n) is 4.88. The molecule has 2 aromatic carbocycles. The summed E-state index contributed by atoms with van der Waals surface area (Å²) < 4.78 is 0. The van der Waals surface area contributed by atoms with E-state index in [0.29, 0.717) is 11.3 Å². The minimum Gasteiger partial charge on any atom is -0.378 e. The zero-order valence-electron chi connectivity index (χ0n) is 15.9. The molecule has 0 aliphatic heterocycles. The van der Waals surface area contributed by atoms with Gasteiger partial charge in [-0.05, 0) is 74.2 Å². The summed E-state index contributed by atoms with van der Waals surface area (Å²) in [4.78, 5) is 14.4. The van der Waals surface area contributed by atoms with Crippen LogP contribution in [0.5, 0.6) is 0 Å². The van der Waals surface area contributed by atoms with Crippen LogP contribution in [-0.4, -0.2) is 32.1 Å². The number of nitrogens with zero attached hydrogens (tertiary/aromatic N) is 3. The number of carbonyl (C=O) groups excluding carboxylic acids is 1. The fourth-order valence-electron chi connectivity index (χ4n) is 3.14. The molecule has 0 bridgehead atoms. The maximum atomic E-state index is 12.4. The van der Waals surface area contributed by atoms with Gasteiger partial charge in [0.25, 0.3) is 5.91 Å². The first kappa shape index (κ1) is 19.0. The van der Waals surface area contributed by atoms with Gasteiger partial charge in [0.05, 0.1) is 11.4 Å². The van der Waals surface area contributed by atoms with Gasteiger partial charge in [0.2, 0.25) is 0 Å². The molecule has 0 unspecified atom stereocenters. The lowest BCUT2D eigenvalue weighted by Gasteiger charge is -2.26. The first-order valence-electron chi connectivity index (χ1n) is 9.37. The minimum atomic E-state index is -0.0433. The van der Waals surface area contributed by atoms with Gasteiger partial charge in [-0.1, -0.05) is 0 Å². The van der Waals surface area contributed by atoms with Crippen molar-refractivity contribution in [2.24, 2.45) is 16.0 Å². The minimum absolute atomic E-state index is 0.0433. The van der Waals surface area contributed by atoms with Crippen LogP contribution >= 0.6 is 0 Å². The van der Waals surface area contributed by atoms with Gasteiger partial charge in [-0.25, -0.2) is 0 Å². The largest absolute Gasteiger partial charge is 0.378 e. The summed E-state index contributed by atoms with van der Waals surface area (Å²) in [5.74, 6) is -0.0433. The summed E-state index contributed by atoms with van der Waals surface area (Å²) in [6.07, 6.45) is 3.84. The fourth-order valence-corrected chi connectivity index (χ4v) is 3.14. The number of benzene rings is 2. The summed E-state index contributed by atoms with van der Waals surface area (Å²) >= 11 is 0. The van der Waals surface area contributed by atoms with E-state index >= 15 is 0 Å². The maximum absolute atomic E-state index is 12.4. The molecule has 0 radical (unpaired) electrons. The van der Waals surface area contributed by atoms with Crippen molar-refractivity contribution in [1.82, 2.24) is 5.32 Å². The highest BCUT2D eigenvalue weighted by atomic mass is 16.1. The molecule has 2 aromatic rings. The lowest BCUT2D eigenvalue weighted by Crippen LogP contribution is -2.40. The normalized spacial score (nSPS) is 19.8. The predicted octanol–water partition coefficient (Wildman–Crippen LogP) is 4.17. The highest BCUT2D eigenvalue weighted by molar-refractivity contribution is 5.94. The van der Waals surface area contributed by atoms with Crippen molar-refractivity contribution in [2.75, 3.05) is 19.0 Å². The molecule has 0 spiro atoms. The van der Waals surface area contributed by atoms with E-state index in [0.717, 1.165) is 37.1 Å². The summed E-state index contributed by atoms with van der Waals surface area (Å²) in [5, 5.41) is 11.6. The van der Waals surface area contributed by atoms with Crippen LogP contribution in [0.4, 0.5) is 17.1 Å². The van der Waals surface area contributed by atoms with Crippen molar-refractivity contribution in [1.29, 1.82) is 0 Å². The Balaban J connectivity index is 1.57. The van der Waals surface area contributed by atoms with Crippen LogP contribution in [0.3, 0.4) is 0 Å². The molecule has 1 aliphatic carbocycles. The van der Waals surface area contributed by atoms with Gasteiger partial charge in [-0.3, -0.25) is 4.79 Å². The summed E-state index contributed by atoms with van der Waals surface area (Å²) in [5.41, 5.74) is 9.17. The van der Waals surface area contributed by atoms with Crippen molar-refractivity contribution in [3.63, 3.8) is 0 Å². The highest BCUT2D eigenvalue weighted by Gasteiger charge is 2.20. The number of nitrogens with one attached hydrogen (secondary N) is 1. The first-order chi connectivity index (χ1) is 13.0. The Bertz CT molecular complexity index is 775. The highest BCUT2D eigenvalue weighted by Crippen LogP contribution is 2.22. The van der Waals surface area contributed by atoms with E-state index in [4.69, 9.17) is 5.73 Å². The topological polar surface area (TPSA) is 83.1 Å². The average molecular weight is 365 g/mol. The lowest BCUT2D eigenvalue weighted by atomic mass is 9.91. The van der Waals surface area contributed by atoms with Gasteiger partial charge in [0.15, 0.2) is 0 Å². The molecule has 0 aromatic heterocycles. The van der Waals surface area contributed by atoms with Crippen molar-refractivity contribution in [3.8, 4) is 0 Å². The van der Waals surface area contributed by atoms with E-state index in [1.54, 1.807) is 12.1 Å². The molecule has 142 valence electrons. The molecule has 1 fully saturated rings. The molecule has 0 saturated heterocycles. The molecule has 1 aliphatic rings. The molecule has 3 rings (SSSR count). The summed E-state index contributed by atoms with van der Waals surface area (Å²) in [6.45, 7) is 0. The van der Waals surface area contributed by atoms with E-state index in [9.17, 15) is 4.79 Å². The second-order valence-electron chi connectivity index (χ2n) is 7.24. The number of hydrogen-bond acceptors (Lipinski definition) is 5. The second-order valence-corrected chi connectivity index (χ2v) is 7.24. The van der Waals surface area contributed by atoms with Crippen molar-refractivity contribution in [3.05, 3.63) is 54.1 Å². The van der Waals surface area contributed by atoms with E-state index < -0.39 is 0 Å². The molecule has 6 nitrogen and oxygen atoms in total. The third kappa shape index (κ3) is 5.37. The van der Waals surface area contributed by atoms with Crippen LogP contribution in [0.25, 0.3) is 0 Å². The van der Waals surface area contributed by atoms with Gasteiger partial charge < -0.3 is 16.0 Å². The van der Waals surface area contributed by atoms with Gasteiger partial charge in [0, 0.05) is 37.4 Å². The molecule has 1 amide bonds. The van der Waals surface area contributed by atoms with Crippen LogP contribution in [0.15, 0.2) is 58.8 Å². The number of nitrogens with two attached hydrogens (primary N) is 1. The molecule has 6 heteroatoms. The summed E-state index contributed by atoms with van der Waals surface area (Å²) in [6, 6.07) is 15.5. The van der Waals surface area contributed by atoms with Crippen LogP contribution < -0.4 is 16.0 Å². The number of anilines is 1. The molecule has 1 saturated carbocycles. The fraction of sp³-hybridized carbons (Fsp3) is 0.381. The Morgan fingerprint density at radius 2 is 1.44 bits per heavy atom. The summed E-state index contributed by atoms with van der Waals surface area (Å²) in [7, 11) is 3.99. The number of azo groups is 1. The van der Waals surface area contributed by atoms with Gasteiger partial charge in [-0.15, -0.1) is 0 Å². The predicted molar refractivity (Wildman–Crippen MR) is 109 cm³/mol. The van der Waals surface area contributed by atoms with Gasteiger partial charge >= 0.3 is 0 Å². The maximum Gasteiger partial charge on any atom is 0.251 e. The SMILES string of the molecule is CN(C)c1ccc(N=Nc2ccc(C(=O)NC3CCC(N)CC3)cc2)cc1. The van der Waals surface area contributed by atoms with Crippen LogP contribution in [0, 0.1) is 0 Å². The number of amides is 1. The Labute approximate surface area is 160 Å². The van der Waals surface area contributed by atoms with E-state index in [1.165, 1.54) is 0 Å². The zero-order valence-corrected chi connectivity index (χ0v) is 15.9. The van der Waals surface area contributed by atoms with Crippen molar-refractivity contribution >= 4 is 23.0 Å². The molecule has 27 heavy (non-hydrogen) atoms. The Kier molecular flexibility index (Phi) is 6.19. The molecule has 3 N–H and O–H groups in total. The van der Waals surface area contributed by atoms with E-state index in [2.05, 4.69) is 15.5 Å². The van der Waals surface area contributed by atoms with Gasteiger partial charge in [-0.2, -0.15) is 10.2 Å². The number of carbonyl (C=O) groups is 1. The number of rotatable bonds is 5. The monoisotopic (exact) mass is 365 g/mol. The average Bonchev–Trinajstić information content (AvgIpc) is 2.69. The Hall–Kier alpha value is -2.73. The van der Waals surface area contributed by atoms with Crippen LogP contribution in [0.2, 0.25) is 0 Å². The van der Waals surface area contributed by atoms with Crippen LogP contribution in [0.1, 0.15) is 36.0 Å². The van der Waals surface area contributed by atoms with Gasteiger partial charge in [0.1, 0.15) is 0 Å². The van der Waals surface area contributed by atoms with E-state index in [-0.39, 0.29) is 18.0 Å². The van der Waals surface area contributed by atoms with Crippen LogP contribution in [-0.2, 0) is 0 Å². The lowest BCUT2D eigenvalue weighted by molar-refractivity contribution is 0.0926. The Morgan fingerprint density at radius 3 is 1.96 bits per heavy atom. The third-order valence-corrected chi connectivity index (χ3v) is 4.88. The molecule has 0 heterocycles. The Morgan fingerprint density at radius 1 is 0.926 bits per heavy atom. The quantitative estimate of drug-likeness (QED) is 0.780. The zero-order chi connectivity index (χ0) is 19.2.